The molecular weight excluding hydrogens is 240 g/mol. The summed E-state index contributed by atoms with van der Waals surface area (Å²) in [5, 5.41) is 8.94. The predicted octanol–water partition coefficient (Wildman–Crippen LogP) is 3.23. The van der Waals surface area contributed by atoms with Gasteiger partial charge in [-0.3, -0.25) is 0 Å². The number of nitrogens with zero attached hydrogens (tertiary/aromatic N) is 1. The Hall–Kier alpha value is -1.71. The summed E-state index contributed by atoms with van der Waals surface area (Å²) < 4.78 is 0. The summed E-state index contributed by atoms with van der Waals surface area (Å²) in [4.78, 5) is 13.1. The first-order valence-corrected chi connectivity index (χ1v) is 6.62. The fourth-order valence-electron chi connectivity index (χ4n) is 1.89. The molecule has 1 aromatic rings. The highest BCUT2D eigenvalue weighted by atomic mass is 16.4. The van der Waals surface area contributed by atoms with Crippen LogP contribution in [-0.2, 0) is 0 Å². The Morgan fingerprint density at radius 2 is 2.00 bits per heavy atom. The quantitative estimate of drug-likeness (QED) is 0.801. The molecule has 0 saturated heterocycles. The Kier molecular flexibility index (Phi) is 4.81. The first-order valence-electron chi connectivity index (χ1n) is 6.62. The first kappa shape index (κ1) is 15.3. The van der Waals surface area contributed by atoms with Crippen molar-refractivity contribution >= 4 is 17.3 Å². The molecule has 0 bridgehead atoms. The maximum absolute atomic E-state index is 10.9. The maximum atomic E-state index is 10.9. The number of aromatic carboxylic acids is 1. The summed E-state index contributed by atoms with van der Waals surface area (Å²) in [6.45, 7) is 10.5. The van der Waals surface area contributed by atoms with E-state index in [0.717, 1.165) is 25.2 Å². The van der Waals surface area contributed by atoms with Crippen molar-refractivity contribution < 1.29 is 9.90 Å². The zero-order valence-corrected chi connectivity index (χ0v) is 12.2. The van der Waals surface area contributed by atoms with Gasteiger partial charge in [0, 0.05) is 13.1 Å². The molecular formula is C15H24N2O2. The minimum absolute atomic E-state index is 0.230. The Morgan fingerprint density at radius 1 is 1.37 bits per heavy atom. The smallest absolute Gasteiger partial charge is 0.335 e. The molecule has 0 atom stereocenters. The molecule has 3 N–H and O–H groups in total. The molecule has 0 aromatic heterocycles. The highest BCUT2D eigenvalue weighted by Gasteiger charge is 2.15. The van der Waals surface area contributed by atoms with E-state index >= 15 is 0 Å². The van der Waals surface area contributed by atoms with Crippen molar-refractivity contribution in [2.24, 2.45) is 5.41 Å². The van der Waals surface area contributed by atoms with Crippen molar-refractivity contribution in [2.45, 2.75) is 34.1 Å². The van der Waals surface area contributed by atoms with Gasteiger partial charge in [-0.15, -0.1) is 0 Å². The lowest BCUT2D eigenvalue weighted by Crippen LogP contribution is -2.28. The van der Waals surface area contributed by atoms with E-state index in [1.807, 2.05) is 0 Å². The molecule has 1 rings (SSSR count). The molecule has 106 valence electrons. The third-order valence-electron chi connectivity index (χ3n) is 3.13. The molecule has 0 unspecified atom stereocenters. The van der Waals surface area contributed by atoms with Gasteiger partial charge in [0.2, 0.25) is 0 Å². The Morgan fingerprint density at radius 3 is 2.42 bits per heavy atom. The Bertz CT molecular complexity index is 450. The first-order chi connectivity index (χ1) is 8.74. The normalized spacial score (nSPS) is 11.4. The van der Waals surface area contributed by atoms with E-state index in [1.165, 1.54) is 6.07 Å². The number of nitrogens with two attached hydrogens (primary N) is 1. The van der Waals surface area contributed by atoms with Crippen LogP contribution in [0.1, 0.15) is 44.5 Å². The number of carbonyl (C=O) groups is 1. The van der Waals surface area contributed by atoms with Gasteiger partial charge in [0.25, 0.3) is 0 Å². The van der Waals surface area contributed by atoms with Crippen molar-refractivity contribution in [1.82, 2.24) is 0 Å². The van der Waals surface area contributed by atoms with E-state index in [-0.39, 0.29) is 11.0 Å². The van der Waals surface area contributed by atoms with E-state index < -0.39 is 5.97 Å². The topological polar surface area (TPSA) is 66.6 Å². The van der Waals surface area contributed by atoms with Gasteiger partial charge in [-0.05, 0) is 37.0 Å². The van der Waals surface area contributed by atoms with Gasteiger partial charge in [0.15, 0.2) is 0 Å². The number of hydrogen-bond donors (Lipinski definition) is 2. The predicted molar refractivity (Wildman–Crippen MR) is 79.8 cm³/mol. The number of anilines is 2. The van der Waals surface area contributed by atoms with Gasteiger partial charge in [-0.2, -0.15) is 0 Å². The number of benzene rings is 1. The van der Waals surface area contributed by atoms with Crippen LogP contribution in [0.2, 0.25) is 0 Å². The summed E-state index contributed by atoms with van der Waals surface area (Å²) in [6, 6.07) is 4.93. The fraction of sp³-hybridized carbons (Fsp3) is 0.533. The second-order valence-electron chi connectivity index (χ2n) is 5.97. The minimum Gasteiger partial charge on any atom is -0.478 e. The maximum Gasteiger partial charge on any atom is 0.335 e. The lowest BCUT2D eigenvalue weighted by Gasteiger charge is -2.28. The lowest BCUT2D eigenvalue weighted by molar-refractivity contribution is 0.0697. The van der Waals surface area contributed by atoms with Gasteiger partial charge in [-0.25, -0.2) is 4.79 Å². The molecule has 1 aromatic carbocycles. The van der Waals surface area contributed by atoms with Crippen LogP contribution < -0.4 is 10.6 Å². The second-order valence-corrected chi connectivity index (χ2v) is 5.97. The Labute approximate surface area is 115 Å². The molecule has 0 radical (unpaired) electrons. The van der Waals surface area contributed by atoms with Crippen LogP contribution in [0.3, 0.4) is 0 Å². The monoisotopic (exact) mass is 264 g/mol. The summed E-state index contributed by atoms with van der Waals surface area (Å²) >= 11 is 0. The van der Waals surface area contributed by atoms with Crippen LogP contribution in [-0.4, -0.2) is 24.2 Å². The third kappa shape index (κ3) is 4.47. The van der Waals surface area contributed by atoms with Crippen molar-refractivity contribution in [3.8, 4) is 0 Å². The van der Waals surface area contributed by atoms with E-state index in [4.69, 9.17) is 10.8 Å². The Balaban J connectivity index is 2.90. The largest absolute Gasteiger partial charge is 0.478 e. The van der Waals surface area contributed by atoms with Crippen molar-refractivity contribution in [3.05, 3.63) is 23.8 Å². The molecule has 0 amide bonds. The molecule has 0 aliphatic rings. The van der Waals surface area contributed by atoms with Crippen LogP contribution in [0.4, 0.5) is 11.4 Å². The molecule has 4 heteroatoms. The van der Waals surface area contributed by atoms with Gasteiger partial charge < -0.3 is 15.7 Å². The van der Waals surface area contributed by atoms with Crippen LogP contribution in [0, 0.1) is 5.41 Å². The molecule has 0 heterocycles. The van der Waals surface area contributed by atoms with Gasteiger partial charge >= 0.3 is 5.97 Å². The number of carboxylic acids is 1. The van der Waals surface area contributed by atoms with E-state index in [9.17, 15) is 4.79 Å². The average molecular weight is 264 g/mol. The van der Waals surface area contributed by atoms with Gasteiger partial charge in [-0.1, -0.05) is 20.8 Å². The third-order valence-corrected chi connectivity index (χ3v) is 3.13. The summed E-state index contributed by atoms with van der Waals surface area (Å²) in [6.07, 6.45) is 1.06. The van der Waals surface area contributed by atoms with Crippen molar-refractivity contribution in [2.75, 3.05) is 23.7 Å². The minimum atomic E-state index is -0.948. The summed E-state index contributed by atoms with van der Waals surface area (Å²) in [7, 11) is 0. The van der Waals surface area contributed by atoms with Crippen LogP contribution in [0.15, 0.2) is 18.2 Å². The molecule has 0 fully saturated rings. The number of carboxylic acid groups (broad SMARTS) is 1. The zero-order valence-electron chi connectivity index (χ0n) is 12.2. The van der Waals surface area contributed by atoms with E-state index in [1.54, 1.807) is 12.1 Å². The van der Waals surface area contributed by atoms with E-state index in [2.05, 4.69) is 32.6 Å². The van der Waals surface area contributed by atoms with E-state index in [0.29, 0.717) is 5.69 Å². The van der Waals surface area contributed by atoms with Crippen LogP contribution in [0.25, 0.3) is 0 Å². The molecule has 0 aliphatic heterocycles. The number of nitrogen functional groups attached to an aromatic ring is 1. The lowest BCUT2D eigenvalue weighted by atomic mass is 9.92. The highest BCUT2D eigenvalue weighted by molar-refractivity contribution is 5.90. The zero-order chi connectivity index (χ0) is 14.6. The standard InChI is InChI=1S/C15H24N2O2/c1-5-17(9-8-15(2,3)4)13-7-6-11(14(18)19)10-12(13)16/h6-7,10H,5,8-9,16H2,1-4H3,(H,18,19). The number of rotatable bonds is 5. The molecule has 0 saturated carbocycles. The van der Waals surface area contributed by atoms with Crippen molar-refractivity contribution in [1.29, 1.82) is 0 Å². The summed E-state index contributed by atoms with van der Waals surface area (Å²) in [5.41, 5.74) is 7.90. The average Bonchev–Trinajstić information content (AvgIpc) is 2.29. The highest BCUT2D eigenvalue weighted by Crippen LogP contribution is 2.27. The van der Waals surface area contributed by atoms with Gasteiger partial charge in [0.1, 0.15) is 0 Å². The van der Waals surface area contributed by atoms with Gasteiger partial charge in [0.05, 0.1) is 16.9 Å². The second kappa shape index (κ2) is 5.95. The SMILES string of the molecule is CCN(CCC(C)(C)C)c1ccc(C(=O)O)cc1N. The van der Waals surface area contributed by atoms with Crippen LogP contribution >= 0.6 is 0 Å². The van der Waals surface area contributed by atoms with Crippen molar-refractivity contribution in [3.63, 3.8) is 0 Å². The molecule has 19 heavy (non-hydrogen) atoms. The summed E-state index contributed by atoms with van der Waals surface area (Å²) in [5.74, 6) is -0.948. The number of hydrogen-bond acceptors (Lipinski definition) is 3. The molecule has 0 aliphatic carbocycles. The molecule has 0 spiro atoms. The molecule has 4 nitrogen and oxygen atoms in total. The van der Waals surface area contributed by atoms with Crippen LogP contribution in [0.5, 0.6) is 0 Å². The fourth-order valence-corrected chi connectivity index (χ4v) is 1.89.